The van der Waals surface area contributed by atoms with Crippen molar-refractivity contribution in [2.24, 2.45) is 0 Å². The van der Waals surface area contributed by atoms with E-state index in [0.29, 0.717) is 10.7 Å². The van der Waals surface area contributed by atoms with Crippen LogP contribution in [-0.2, 0) is 0 Å². The second kappa shape index (κ2) is 4.86. The summed E-state index contributed by atoms with van der Waals surface area (Å²) in [6, 6.07) is 17.9. The van der Waals surface area contributed by atoms with E-state index in [-0.39, 0.29) is 6.17 Å². The zero-order valence-corrected chi connectivity index (χ0v) is 12.4. The summed E-state index contributed by atoms with van der Waals surface area (Å²) in [5, 5.41) is 19.6. The highest BCUT2D eigenvalue weighted by Crippen LogP contribution is 2.40. The first-order valence-corrected chi connectivity index (χ1v) is 7.35. The normalized spacial score (nSPS) is 18.5. The van der Waals surface area contributed by atoms with Crippen LogP contribution in [0.4, 0.5) is 5.69 Å². The van der Waals surface area contributed by atoms with Gasteiger partial charge in [0.2, 0.25) is 0 Å². The highest BCUT2D eigenvalue weighted by atomic mass is 32.1. The minimum Gasteiger partial charge on any atom is -0.361 e. The van der Waals surface area contributed by atoms with Gasteiger partial charge in [-0.3, -0.25) is 0 Å². The molecule has 2 heterocycles. The molecule has 0 aliphatic carbocycles. The molecule has 0 saturated carbocycles. The fourth-order valence-electron chi connectivity index (χ4n) is 2.91. The monoisotopic (exact) mass is 304 g/mol. The SMILES string of the molecule is N#Cc1ccc2c(c1)C1=C(c3ccccc3)NC(=S)NC1N2. The Balaban J connectivity index is 1.96. The molecule has 2 aliphatic heterocycles. The van der Waals surface area contributed by atoms with Crippen LogP contribution in [0.5, 0.6) is 0 Å². The van der Waals surface area contributed by atoms with Gasteiger partial charge in [-0.25, -0.2) is 0 Å². The van der Waals surface area contributed by atoms with E-state index in [2.05, 4.69) is 22.0 Å². The highest BCUT2D eigenvalue weighted by Gasteiger charge is 2.33. The van der Waals surface area contributed by atoms with Crippen molar-refractivity contribution in [1.82, 2.24) is 10.6 Å². The van der Waals surface area contributed by atoms with Gasteiger partial charge in [-0.2, -0.15) is 5.26 Å². The van der Waals surface area contributed by atoms with Crippen LogP contribution in [0, 0.1) is 11.3 Å². The van der Waals surface area contributed by atoms with Crippen LogP contribution in [0.2, 0.25) is 0 Å². The van der Waals surface area contributed by atoms with E-state index >= 15 is 0 Å². The second-order valence-electron chi connectivity index (χ2n) is 5.20. The van der Waals surface area contributed by atoms with Gasteiger partial charge in [0, 0.05) is 16.8 Å². The lowest BCUT2D eigenvalue weighted by molar-refractivity contribution is 0.831. The average Bonchev–Trinajstić information content (AvgIpc) is 2.91. The molecule has 0 spiro atoms. The molecule has 4 nitrogen and oxygen atoms in total. The number of thiocarbonyl (C=S) groups is 1. The van der Waals surface area contributed by atoms with E-state index in [1.54, 1.807) is 0 Å². The number of benzene rings is 2. The largest absolute Gasteiger partial charge is 0.361 e. The molecular weight excluding hydrogens is 292 g/mol. The maximum atomic E-state index is 9.15. The number of hydrogen-bond donors (Lipinski definition) is 3. The first-order chi connectivity index (χ1) is 10.8. The number of rotatable bonds is 1. The Hall–Kier alpha value is -2.84. The highest BCUT2D eigenvalue weighted by molar-refractivity contribution is 7.80. The maximum absolute atomic E-state index is 9.15. The van der Waals surface area contributed by atoms with E-state index in [1.165, 1.54) is 0 Å². The van der Waals surface area contributed by atoms with Crippen LogP contribution in [0.3, 0.4) is 0 Å². The van der Waals surface area contributed by atoms with E-state index in [1.807, 2.05) is 48.5 Å². The summed E-state index contributed by atoms with van der Waals surface area (Å²) < 4.78 is 0. The van der Waals surface area contributed by atoms with Gasteiger partial charge in [0.05, 0.1) is 17.3 Å². The molecule has 2 aromatic carbocycles. The maximum Gasteiger partial charge on any atom is 0.172 e. The summed E-state index contributed by atoms with van der Waals surface area (Å²) in [6.45, 7) is 0. The number of nitrogens with one attached hydrogen (secondary N) is 3. The second-order valence-corrected chi connectivity index (χ2v) is 5.61. The molecule has 1 unspecified atom stereocenters. The van der Waals surface area contributed by atoms with E-state index < -0.39 is 0 Å². The molecule has 3 N–H and O–H groups in total. The molecule has 0 aromatic heterocycles. The number of fused-ring (bicyclic) bond motifs is 3. The lowest BCUT2D eigenvalue weighted by Crippen LogP contribution is -2.48. The third-order valence-corrected chi connectivity index (χ3v) is 4.09. The zero-order valence-electron chi connectivity index (χ0n) is 11.6. The summed E-state index contributed by atoms with van der Waals surface area (Å²) in [5.41, 5.74) is 5.83. The zero-order chi connectivity index (χ0) is 15.1. The predicted molar refractivity (Wildman–Crippen MR) is 90.7 cm³/mol. The van der Waals surface area contributed by atoms with Gasteiger partial charge in [0.25, 0.3) is 0 Å². The van der Waals surface area contributed by atoms with Gasteiger partial charge in [-0.1, -0.05) is 30.3 Å². The standard InChI is InChI=1S/C17H12N4S/c18-9-10-6-7-13-12(8-10)14-15(11-4-2-1-3-5-11)20-17(22)21-16(14)19-13/h1-8,16,19H,(H2,20,21,22). The van der Waals surface area contributed by atoms with Gasteiger partial charge < -0.3 is 16.0 Å². The van der Waals surface area contributed by atoms with Crippen LogP contribution < -0.4 is 16.0 Å². The summed E-state index contributed by atoms with van der Waals surface area (Å²) >= 11 is 5.32. The molecular formula is C17H12N4S. The molecule has 0 amide bonds. The molecule has 0 radical (unpaired) electrons. The Morgan fingerprint density at radius 3 is 2.64 bits per heavy atom. The summed E-state index contributed by atoms with van der Waals surface area (Å²) in [5.74, 6) is 0. The number of anilines is 1. The van der Waals surface area contributed by atoms with Gasteiger partial charge in [-0.05, 0) is 36.0 Å². The van der Waals surface area contributed by atoms with Crippen molar-refractivity contribution in [3.8, 4) is 6.07 Å². The lowest BCUT2D eigenvalue weighted by atomic mass is 9.97. The molecule has 0 bridgehead atoms. The fourth-order valence-corrected chi connectivity index (χ4v) is 3.13. The molecule has 4 rings (SSSR count). The van der Waals surface area contributed by atoms with Crippen LogP contribution in [0.25, 0.3) is 11.3 Å². The number of nitrogens with zero attached hydrogens (tertiary/aromatic N) is 1. The third kappa shape index (κ3) is 1.93. The molecule has 0 saturated heterocycles. The first-order valence-electron chi connectivity index (χ1n) is 6.94. The molecule has 22 heavy (non-hydrogen) atoms. The van der Waals surface area contributed by atoms with Crippen molar-refractivity contribution < 1.29 is 0 Å². The molecule has 5 heteroatoms. The number of hydrogen-bond acceptors (Lipinski definition) is 3. The van der Waals surface area contributed by atoms with Crippen molar-refractivity contribution in [1.29, 1.82) is 5.26 Å². The van der Waals surface area contributed by atoms with Crippen LogP contribution in [0.15, 0.2) is 48.5 Å². The summed E-state index contributed by atoms with van der Waals surface area (Å²) in [6.07, 6.45) is -0.0760. The van der Waals surface area contributed by atoms with Crippen molar-refractivity contribution in [3.05, 3.63) is 65.2 Å². The molecule has 0 fully saturated rings. The first kappa shape index (κ1) is 12.9. The summed E-state index contributed by atoms with van der Waals surface area (Å²) in [7, 11) is 0. The van der Waals surface area contributed by atoms with Crippen LogP contribution in [0.1, 0.15) is 16.7 Å². The Kier molecular flexibility index (Phi) is 2.84. The van der Waals surface area contributed by atoms with Crippen molar-refractivity contribution in [2.45, 2.75) is 6.17 Å². The molecule has 2 aromatic rings. The van der Waals surface area contributed by atoms with Crippen LogP contribution in [-0.4, -0.2) is 11.3 Å². The summed E-state index contributed by atoms with van der Waals surface area (Å²) in [4.78, 5) is 0. The van der Waals surface area contributed by atoms with Crippen molar-refractivity contribution in [3.63, 3.8) is 0 Å². The minimum atomic E-state index is -0.0760. The Labute approximate surface area is 133 Å². The van der Waals surface area contributed by atoms with Gasteiger partial charge in [-0.15, -0.1) is 0 Å². The topological polar surface area (TPSA) is 59.9 Å². The van der Waals surface area contributed by atoms with Crippen LogP contribution >= 0.6 is 12.2 Å². The lowest BCUT2D eigenvalue weighted by Gasteiger charge is -2.28. The minimum absolute atomic E-state index is 0.0760. The van der Waals surface area contributed by atoms with Gasteiger partial charge in [0.15, 0.2) is 5.11 Å². The Morgan fingerprint density at radius 2 is 1.86 bits per heavy atom. The van der Waals surface area contributed by atoms with E-state index in [4.69, 9.17) is 17.5 Å². The molecule has 106 valence electrons. The van der Waals surface area contributed by atoms with E-state index in [0.717, 1.165) is 28.1 Å². The molecule has 2 aliphatic rings. The molecule has 1 atom stereocenters. The Bertz CT molecular complexity index is 849. The van der Waals surface area contributed by atoms with Crippen molar-refractivity contribution >= 4 is 34.3 Å². The smallest absolute Gasteiger partial charge is 0.172 e. The van der Waals surface area contributed by atoms with E-state index in [9.17, 15) is 0 Å². The number of nitriles is 1. The third-order valence-electron chi connectivity index (χ3n) is 3.87. The Morgan fingerprint density at radius 1 is 1.05 bits per heavy atom. The average molecular weight is 304 g/mol. The van der Waals surface area contributed by atoms with Gasteiger partial charge in [0.1, 0.15) is 6.17 Å². The van der Waals surface area contributed by atoms with Gasteiger partial charge >= 0.3 is 0 Å². The fraction of sp³-hybridized carbons (Fsp3) is 0.0588. The van der Waals surface area contributed by atoms with Crippen molar-refractivity contribution in [2.75, 3.05) is 5.32 Å². The predicted octanol–water partition coefficient (Wildman–Crippen LogP) is 2.66. The quantitative estimate of drug-likeness (QED) is 0.707.